The normalized spacial score (nSPS) is 9.14. The predicted molar refractivity (Wildman–Crippen MR) is 50.2 cm³/mol. The van der Waals surface area contributed by atoms with Crippen molar-refractivity contribution in [3.8, 4) is 0 Å². The SMILES string of the molecule is CCC(C)=O.OCCONOCCO. The molecule has 0 aliphatic heterocycles. The summed E-state index contributed by atoms with van der Waals surface area (Å²) in [6, 6.07) is 0. The molecule has 0 fully saturated rings. The van der Waals surface area contributed by atoms with Crippen LogP contribution in [0, 0.1) is 0 Å². The maximum absolute atomic E-state index is 9.81. The Morgan fingerprint density at radius 2 is 1.57 bits per heavy atom. The van der Waals surface area contributed by atoms with Crippen molar-refractivity contribution < 1.29 is 24.7 Å². The number of rotatable bonds is 7. The number of carbonyl (C=O) groups excluding carboxylic acids is 1. The fourth-order valence-electron chi connectivity index (χ4n) is 0.216. The van der Waals surface area contributed by atoms with Crippen LogP contribution in [0.5, 0.6) is 0 Å². The fourth-order valence-corrected chi connectivity index (χ4v) is 0.216. The van der Waals surface area contributed by atoms with Gasteiger partial charge >= 0.3 is 0 Å². The Hall–Kier alpha value is -0.530. The Morgan fingerprint density at radius 3 is 1.79 bits per heavy atom. The van der Waals surface area contributed by atoms with Crippen molar-refractivity contribution in [1.29, 1.82) is 0 Å². The third-order valence-corrected chi connectivity index (χ3v) is 1.00. The summed E-state index contributed by atoms with van der Waals surface area (Å²) in [5, 5.41) is 16.3. The molecule has 0 aliphatic rings. The molecular weight excluding hydrogens is 190 g/mol. The summed E-state index contributed by atoms with van der Waals surface area (Å²) >= 11 is 0. The van der Waals surface area contributed by atoms with Gasteiger partial charge in [-0.15, -0.1) is 0 Å². The molecule has 0 saturated carbocycles. The van der Waals surface area contributed by atoms with Crippen LogP contribution in [0.15, 0.2) is 0 Å². The highest BCUT2D eigenvalue weighted by atomic mass is 16.9. The molecule has 14 heavy (non-hydrogen) atoms. The number of carbonyl (C=O) groups is 1. The molecule has 0 bridgehead atoms. The Labute approximate surface area is 83.7 Å². The molecule has 0 radical (unpaired) electrons. The van der Waals surface area contributed by atoms with Crippen molar-refractivity contribution in [2.45, 2.75) is 20.3 Å². The molecule has 6 nitrogen and oxygen atoms in total. The zero-order valence-corrected chi connectivity index (χ0v) is 8.65. The lowest BCUT2D eigenvalue weighted by Crippen LogP contribution is -2.19. The molecule has 0 heterocycles. The summed E-state index contributed by atoms with van der Waals surface area (Å²) < 4.78 is 0. The van der Waals surface area contributed by atoms with Gasteiger partial charge < -0.3 is 15.0 Å². The Kier molecular flexibility index (Phi) is 17.0. The van der Waals surface area contributed by atoms with Gasteiger partial charge in [-0.2, -0.15) is 0 Å². The van der Waals surface area contributed by atoms with Crippen LogP contribution in [0.4, 0.5) is 0 Å². The van der Waals surface area contributed by atoms with Gasteiger partial charge in [0, 0.05) is 6.42 Å². The first-order valence-electron chi connectivity index (χ1n) is 4.38. The Bertz CT molecular complexity index is 114. The monoisotopic (exact) mass is 209 g/mol. The smallest absolute Gasteiger partial charge is 0.129 e. The zero-order chi connectivity index (χ0) is 11.2. The van der Waals surface area contributed by atoms with Crippen molar-refractivity contribution in [2.75, 3.05) is 26.4 Å². The zero-order valence-electron chi connectivity index (χ0n) is 8.65. The minimum Gasteiger partial charge on any atom is -0.394 e. The molecule has 3 N–H and O–H groups in total. The van der Waals surface area contributed by atoms with Crippen LogP contribution in [0.25, 0.3) is 0 Å². The van der Waals surface area contributed by atoms with Gasteiger partial charge in [0.15, 0.2) is 0 Å². The average Bonchev–Trinajstić information content (AvgIpc) is 2.19. The van der Waals surface area contributed by atoms with E-state index in [0.717, 1.165) is 0 Å². The lowest BCUT2D eigenvalue weighted by Gasteiger charge is -2.01. The second-order valence-electron chi connectivity index (χ2n) is 2.28. The number of aliphatic hydroxyl groups excluding tert-OH is 2. The van der Waals surface area contributed by atoms with Crippen LogP contribution < -0.4 is 5.64 Å². The quantitative estimate of drug-likeness (QED) is 0.383. The van der Waals surface area contributed by atoms with Crippen molar-refractivity contribution >= 4 is 5.78 Å². The van der Waals surface area contributed by atoms with E-state index in [0.29, 0.717) is 6.42 Å². The van der Waals surface area contributed by atoms with Gasteiger partial charge in [0.1, 0.15) is 5.78 Å². The molecule has 0 atom stereocenters. The summed E-state index contributed by atoms with van der Waals surface area (Å²) in [4.78, 5) is 18.7. The van der Waals surface area contributed by atoms with E-state index in [1.165, 1.54) is 0 Å². The average molecular weight is 209 g/mol. The second-order valence-corrected chi connectivity index (χ2v) is 2.28. The number of hydrogen-bond donors (Lipinski definition) is 3. The molecule has 0 rings (SSSR count). The second kappa shape index (κ2) is 15.0. The minimum absolute atomic E-state index is 0.0600. The molecule has 0 amide bonds. The highest BCUT2D eigenvalue weighted by Gasteiger charge is 1.83. The minimum atomic E-state index is -0.0600. The lowest BCUT2D eigenvalue weighted by atomic mass is 10.4. The topological polar surface area (TPSA) is 88.0 Å². The highest BCUT2D eigenvalue weighted by molar-refractivity contribution is 5.74. The number of Topliss-reactive ketones (excluding diaryl/α,β-unsaturated/α-hetero) is 1. The lowest BCUT2D eigenvalue weighted by molar-refractivity contribution is -0.178. The first-order chi connectivity index (χ1) is 6.68. The molecule has 0 aromatic heterocycles. The van der Waals surface area contributed by atoms with Gasteiger partial charge in [0.25, 0.3) is 0 Å². The molecule has 0 aromatic rings. The van der Waals surface area contributed by atoms with E-state index in [1.807, 2.05) is 6.92 Å². The van der Waals surface area contributed by atoms with Crippen LogP contribution in [0.1, 0.15) is 20.3 Å². The summed E-state index contributed by atoms with van der Waals surface area (Å²) in [7, 11) is 0. The molecule has 86 valence electrons. The fraction of sp³-hybridized carbons (Fsp3) is 0.875. The summed E-state index contributed by atoms with van der Waals surface area (Å²) in [5.74, 6) is 0.255. The van der Waals surface area contributed by atoms with Crippen LogP contribution in [0.3, 0.4) is 0 Å². The molecule has 6 heteroatoms. The molecule has 0 aliphatic carbocycles. The van der Waals surface area contributed by atoms with Crippen LogP contribution in [-0.2, 0) is 14.5 Å². The number of ketones is 1. The molecule has 0 aromatic carbocycles. The van der Waals surface area contributed by atoms with Crippen LogP contribution >= 0.6 is 0 Å². The van der Waals surface area contributed by atoms with E-state index < -0.39 is 0 Å². The van der Waals surface area contributed by atoms with Gasteiger partial charge in [-0.1, -0.05) is 12.6 Å². The molecule has 0 spiro atoms. The number of nitrogens with one attached hydrogen (secondary N) is 1. The van der Waals surface area contributed by atoms with Crippen molar-refractivity contribution in [1.82, 2.24) is 5.64 Å². The van der Waals surface area contributed by atoms with E-state index in [4.69, 9.17) is 10.2 Å². The van der Waals surface area contributed by atoms with E-state index in [-0.39, 0.29) is 32.2 Å². The van der Waals surface area contributed by atoms with Crippen molar-refractivity contribution in [2.24, 2.45) is 0 Å². The van der Waals surface area contributed by atoms with E-state index >= 15 is 0 Å². The standard InChI is InChI=1S/C4H11NO4.C4H8O/c6-1-3-8-5-9-4-2-7;1-3-4(2)5/h5-7H,1-4H2;3H2,1-2H3. The van der Waals surface area contributed by atoms with E-state index in [9.17, 15) is 4.79 Å². The number of aliphatic hydroxyl groups is 2. The molecule has 0 unspecified atom stereocenters. The van der Waals surface area contributed by atoms with E-state index in [2.05, 4.69) is 15.3 Å². The van der Waals surface area contributed by atoms with Crippen LogP contribution in [0.2, 0.25) is 0 Å². The summed E-state index contributed by atoms with van der Waals surface area (Å²) in [6.07, 6.45) is 0.667. The van der Waals surface area contributed by atoms with Gasteiger partial charge in [0.2, 0.25) is 0 Å². The van der Waals surface area contributed by atoms with Crippen molar-refractivity contribution in [3.05, 3.63) is 0 Å². The van der Waals surface area contributed by atoms with Gasteiger partial charge in [-0.25, -0.2) is 0 Å². The Balaban J connectivity index is 0. The molecular formula is C8H19NO5. The number of hydrogen-bond acceptors (Lipinski definition) is 6. The van der Waals surface area contributed by atoms with Gasteiger partial charge in [0.05, 0.1) is 26.4 Å². The summed E-state index contributed by atoms with van der Waals surface area (Å²) in [6.45, 7) is 3.66. The first kappa shape index (κ1) is 15.9. The third-order valence-electron chi connectivity index (χ3n) is 1.00. The summed E-state index contributed by atoms with van der Waals surface area (Å²) in [5.41, 5.74) is 2.07. The Morgan fingerprint density at radius 1 is 1.21 bits per heavy atom. The van der Waals surface area contributed by atoms with Gasteiger partial charge in [-0.05, 0) is 6.92 Å². The highest BCUT2D eigenvalue weighted by Crippen LogP contribution is 1.71. The third kappa shape index (κ3) is 22.5. The van der Waals surface area contributed by atoms with Crippen LogP contribution in [-0.4, -0.2) is 42.4 Å². The van der Waals surface area contributed by atoms with Gasteiger partial charge in [-0.3, -0.25) is 9.68 Å². The maximum atomic E-state index is 9.81. The van der Waals surface area contributed by atoms with E-state index in [1.54, 1.807) is 6.92 Å². The largest absolute Gasteiger partial charge is 0.394 e. The predicted octanol–water partition coefficient (Wildman–Crippen LogP) is -0.591. The van der Waals surface area contributed by atoms with Crippen molar-refractivity contribution in [3.63, 3.8) is 0 Å². The molecule has 0 saturated heterocycles. The first-order valence-corrected chi connectivity index (χ1v) is 4.38. The maximum Gasteiger partial charge on any atom is 0.129 e.